The lowest BCUT2D eigenvalue weighted by molar-refractivity contribution is 0.102. The summed E-state index contributed by atoms with van der Waals surface area (Å²) < 4.78 is 0. The van der Waals surface area contributed by atoms with Gasteiger partial charge in [0.2, 0.25) is 0 Å². The maximum Gasteiger partial charge on any atom is 0.256 e. The van der Waals surface area contributed by atoms with Gasteiger partial charge in [-0.1, -0.05) is 25.1 Å². The first-order valence-electron chi connectivity index (χ1n) is 7.22. The van der Waals surface area contributed by atoms with Crippen LogP contribution in [-0.4, -0.2) is 11.7 Å². The Kier molecular flexibility index (Phi) is 5.45. The Hall–Kier alpha value is -1.74. The van der Waals surface area contributed by atoms with E-state index in [1.807, 2.05) is 42.5 Å². The van der Waals surface area contributed by atoms with E-state index in [2.05, 4.69) is 26.1 Å². The van der Waals surface area contributed by atoms with Crippen LogP contribution in [0.15, 0.2) is 47.4 Å². The molecule has 0 bridgehead atoms. The summed E-state index contributed by atoms with van der Waals surface area (Å²) in [5.74, 6) is 0.978. The lowest BCUT2D eigenvalue weighted by atomic mass is 10.1. The molecule has 0 radical (unpaired) electrons. The second-order valence-corrected chi connectivity index (χ2v) is 6.23. The molecule has 1 amide bonds. The molecule has 3 heteroatoms. The fourth-order valence-electron chi connectivity index (χ4n) is 2.01. The van der Waals surface area contributed by atoms with Crippen LogP contribution in [-0.2, 0) is 0 Å². The van der Waals surface area contributed by atoms with E-state index in [9.17, 15) is 4.79 Å². The van der Waals surface area contributed by atoms with Crippen LogP contribution in [0, 0.1) is 13.8 Å². The zero-order valence-corrected chi connectivity index (χ0v) is 13.6. The van der Waals surface area contributed by atoms with Crippen molar-refractivity contribution in [1.29, 1.82) is 0 Å². The number of amides is 1. The molecule has 2 rings (SSSR count). The minimum Gasteiger partial charge on any atom is -0.322 e. The van der Waals surface area contributed by atoms with Gasteiger partial charge in [0.1, 0.15) is 0 Å². The number of thioether (sulfide) groups is 1. The van der Waals surface area contributed by atoms with Gasteiger partial charge < -0.3 is 5.32 Å². The van der Waals surface area contributed by atoms with E-state index in [1.165, 1.54) is 11.1 Å². The minimum absolute atomic E-state index is 0.0440. The second kappa shape index (κ2) is 7.32. The summed E-state index contributed by atoms with van der Waals surface area (Å²) in [7, 11) is 0. The third-order valence-electron chi connectivity index (χ3n) is 3.36. The normalized spacial score (nSPS) is 10.4. The van der Waals surface area contributed by atoms with Crippen LogP contribution in [0.1, 0.15) is 34.8 Å². The van der Waals surface area contributed by atoms with Crippen LogP contribution < -0.4 is 5.32 Å². The molecule has 0 saturated heterocycles. The third-order valence-corrected chi connectivity index (χ3v) is 4.64. The van der Waals surface area contributed by atoms with E-state index in [-0.39, 0.29) is 5.91 Å². The van der Waals surface area contributed by atoms with Crippen molar-refractivity contribution in [2.45, 2.75) is 32.1 Å². The number of carbonyl (C=O) groups excluding carboxylic acids is 1. The highest BCUT2D eigenvalue weighted by atomic mass is 32.2. The van der Waals surface area contributed by atoms with E-state index >= 15 is 0 Å². The van der Waals surface area contributed by atoms with Crippen molar-refractivity contribution >= 4 is 23.4 Å². The van der Waals surface area contributed by atoms with Gasteiger partial charge in [-0.15, -0.1) is 11.8 Å². The number of carbonyl (C=O) groups is 1. The van der Waals surface area contributed by atoms with Gasteiger partial charge in [-0.25, -0.2) is 0 Å². The maximum absolute atomic E-state index is 12.5. The molecule has 2 aromatic rings. The molecule has 0 fully saturated rings. The Morgan fingerprint density at radius 1 is 1.10 bits per heavy atom. The Bertz CT molecular complexity index is 637. The van der Waals surface area contributed by atoms with Gasteiger partial charge in [0.05, 0.1) is 5.56 Å². The van der Waals surface area contributed by atoms with Crippen molar-refractivity contribution in [2.75, 3.05) is 11.1 Å². The molecule has 0 aliphatic rings. The molecule has 0 aliphatic carbocycles. The van der Waals surface area contributed by atoms with Gasteiger partial charge in [-0.2, -0.15) is 0 Å². The molecule has 0 unspecified atom stereocenters. The van der Waals surface area contributed by atoms with Crippen LogP contribution in [0.4, 0.5) is 5.69 Å². The number of nitrogens with one attached hydrogen (secondary N) is 1. The molecular weight excluding hydrogens is 278 g/mol. The zero-order chi connectivity index (χ0) is 15.2. The SMILES string of the molecule is CCCSc1ccccc1C(=O)Nc1ccc(C)c(C)c1. The van der Waals surface area contributed by atoms with Gasteiger partial charge in [-0.05, 0) is 61.4 Å². The third kappa shape index (κ3) is 4.11. The Morgan fingerprint density at radius 3 is 2.57 bits per heavy atom. The standard InChI is InChI=1S/C18H21NOS/c1-4-11-21-17-8-6-5-7-16(17)18(20)19-15-10-9-13(2)14(3)12-15/h5-10,12H,4,11H2,1-3H3,(H,19,20). The topological polar surface area (TPSA) is 29.1 Å². The molecule has 0 atom stereocenters. The predicted octanol–water partition coefficient (Wildman–Crippen LogP) is 5.06. The fraction of sp³-hybridized carbons (Fsp3) is 0.278. The summed E-state index contributed by atoms with van der Waals surface area (Å²) in [6.45, 7) is 6.26. The molecule has 110 valence electrons. The molecule has 0 heterocycles. The highest BCUT2D eigenvalue weighted by Crippen LogP contribution is 2.24. The average Bonchev–Trinajstić information content (AvgIpc) is 2.49. The van der Waals surface area contributed by atoms with Crippen molar-refractivity contribution < 1.29 is 4.79 Å². The van der Waals surface area contributed by atoms with Crippen molar-refractivity contribution in [2.24, 2.45) is 0 Å². The fourth-order valence-corrected chi connectivity index (χ4v) is 2.92. The second-order valence-electron chi connectivity index (χ2n) is 5.10. The van der Waals surface area contributed by atoms with Crippen molar-refractivity contribution in [3.63, 3.8) is 0 Å². The monoisotopic (exact) mass is 299 g/mol. The molecule has 0 aliphatic heterocycles. The van der Waals surface area contributed by atoms with Crippen LogP contribution in [0.25, 0.3) is 0 Å². The minimum atomic E-state index is -0.0440. The molecule has 0 spiro atoms. The molecule has 2 nitrogen and oxygen atoms in total. The van der Waals surface area contributed by atoms with E-state index < -0.39 is 0 Å². The van der Waals surface area contributed by atoms with Gasteiger partial charge >= 0.3 is 0 Å². The Balaban J connectivity index is 2.18. The number of anilines is 1. The molecule has 2 aromatic carbocycles. The number of rotatable bonds is 5. The maximum atomic E-state index is 12.5. The van der Waals surface area contributed by atoms with Gasteiger partial charge in [-0.3, -0.25) is 4.79 Å². The summed E-state index contributed by atoms with van der Waals surface area (Å²) in [6.07, 6.45) is 1.10. The van der Waals surface area contributed by atoms with E-state index in [0.29, 0.717) is 0 Å². The molecule has 0 saturated carbocycles. The quantitative estimate of drug-likeness (QED) is 0.782. The van der Waals surface area contributed by atoms with Gasteiger partial charge in [0.25, 0.3) is 5.91 Å². The molecular formula is C18H21NOS. The Morgan fingerprint density at radius 2 is 1.86 bits per heavy atom. The summed E-state index contributed by atoms with van der Waals surface area (Å²) >= 11 is 1.73. The number of hydrogen-bond donors (Lipinski definition) is 1. The van der Waals surface area contributed by atoms with E-state index in [1.54, 1.807) is 11.8 Å². The molecule has 0 aromatic heterocycles. The van der Waals surface area contributed by atoms with Crippen LogP contribution >= 0.6 is 11.8 Å². The van der Waals surface area contributed by atoms with Crippen LogP contribution in [0.3, 0.4) is 0 Å². The predicted molar refractivity (Wildman–Crippen MR) is 91.3 cm³/mol. The lowest BCUT2D eigenvalue weighted by Gasteiger charge is -2.10. The van der Waals surface area contributed by atoms with Crippen molar-refractivity contribution in [1.82, 2.24) is 0 Å². The number of benzene rings is 2. The molecule has 21 heavy (non-hydrogen) atoms. The summed E-state index contributed by atoms with van der Waals surface area (Å²) in [5, 5.41) is 2.99. The largest absolute Gasteiger partial charge is 0.322 e. The van der Waals surface area contributed by atoms with E-state index in [4.69, 9.17) is 0 Å². The summed E-state index contributed by atoms with van der Waals surface area (Å²) in [5.41, 5.74) is 4.00. The Labute approximate surface area is 131 Å². The van der Waals surface area contributed by atoms with Crippen LogP contribution in [0.5, 0.6) is 0 Å². The van der Waals surface area contributed by atoms with Gasteiger partial charge in [0.15, 0.2) is 0 Å². The average molecular weight is 299 g/mol. The summed E-state index contributed by atoms with van der Waals surface area (Å²) in [6, 6.07) is 13.8. The highest BCUT2D eigenvalue weighted by molar-refractivity contribution is 7.99. The first-order valence-corrected chi connectivity index (χ1v) is 8.21. The van der Waals surface area contributed by atoms with Crippen molar-refractivity contribution in [3.05, 3.63) is 59.2 Å². The zero-order valence-electron chi connectivity index (χ0n) is 12.8. The van der Waals surface area contributed by atoms with Crippen molar-refractivity contribution in [3.8, 4) is 0 Å². The highest BCUT2D eigenvalue weighted by Gasteiger charge is 2.11. The first-order chi connectivity index (χ1) is 10.1. The van der Waals surface area contributed by atoms with Gasteiger partial charge in [0, 0.05) is 10.6 Å². The lowest BCUT2D eigenvalue weighted by Crippen LogP contribution is -2.13. The van der Waals surface area contributed by atoms with E-state index in [0.717, 1.165) is 28.3 Å². The summed E-state index contributed by atoms with van der Waals surface area (Å²) in [4.78, 5) is 13.5. The number of aryl methyl sites for hydroxylation is 2. The number of hydrogen-bond acceptors (Lipinski definition) is 2. The smallest absolute Gasteiger partial charge is 0.256 e. The molecule has 1 N–H and O–H groups in total. The van der Waals surface area contributed by atoms with Crippen LogP contribution in [0.2, 0.25) is 0 Å². The first kappa shape index (κ1) is 15.6.